The summed E-state index contributed by atoms with van der Waals surface area (Å²) in [5.74, 6) is -4.49. The van der Waals surface area contributed by atoms with Gasteiger partial charge in [-0.25, -0.2) is 0 Å². The highest BCUT2D eigenvalue weighted by atomic mass is 16.5. The smallest absolute Gasteiger partial charge is 0.234 e. The van der Waals surface area contributed by atoms with E-state index in [9.17, 15) is 34.5 Å². The number of imide groups is 2. The van der Waals surface area contributed by atoms with E-state index in [2.05, 4.69) is 0 Å². The Kier molecular flexibility index (Phi) is 8.30. The number of hydrogen-bond acceptors (Lipinski definition) is 9. The normalized spacial score (nSPS) is 26.0. The minimum Gasteiger partial charge on any atom is -0.508 e. The van der Waals surface area contributed by atoms with Gasteiger partial charge in [-0.15, -0.1) is 0 Å². The van der Waals surface area contributed by atoms with E-state index >= 15 is 0 Å². The summed E-state index contributed by atoms with van der Waals surface area (Å²) < 4.78 is 11.5. The van der Waals surface area contributed by atoms with Crippen molar-refractivity contribution in [3.63, 3.8) is 0 Å². The van der Waals surface area contributed by atoms with Crippen molar-refractivity contribution in [3.05, 3.63) is 89.0 Å². The fraction of sp³-hybridized carbons (Fsp3) is 0.368. The van der Waals surface area contributed by atoms with Crippen molar-refractivity contribution < 1.29 is 44.0 Å². The predicted molar refractivity (Wildman–Crippen MR) is 176 cm³/mol. The number of fused-ring (bicyclic) bond motifs is 4. The number of carbonyl (C=O) groups is 4. The molecular formula is C38H38N2O9. The predicted octanol–water partition coefficient (Wildman–Crippen LogP) is 3.94. The summed E-state index contributed by atoms with van der Waals surface area (Å²) in [6.07, 6.45) is 3.33. The number of likely N-dealkylation sites (tertiary alicyclic amines) is 2. The second-order valence-corrected chi connectivity index (χ2v) is 13.3. The summed E-state index contributed by atoms with van der Waals surface area (Å²) in [6, 6.07) is 16.2. The Morgan fingerprint density at radius 1 is 0.633 bits per heavy atom. The molecule has 7 rings (SSSR count). The molecule has 1 saturated carbocycles. The van der Waals surface area contributed by atoms with E-state index in [1.54, 1.807) is 48.5 Å². The van der Waals surface area contributed by atoms with Gasteiger partial charge in [-0.2, -0.15) is 0 Å². The Hall–Kier alpha value is -5.32. The Morgan fingerprint density at radius 3 is 1.63 bits per heavy atom. The van der Waals surface area contributed by atoms with Crippen LogP contribution in [0.1, 0.15) is 35.4 Å². The molecule has 2 aliphatic heterocycles. The van der Waals surface area contributed by atoms with Crippen molar-refractivity contribution in [1.82, 2.24) is 9.80 Å². The number of benzene rings is 3. The SMILES string of the molecule is COc1cc(O)cc(OC)c1[C@H]1C2=CC[C@@H]3C(=O)N(CCc4ccc(O)cc4)C(=O)[C@@H]3[C@@H]2C[C@H]2C(=O)N(CCc3ccc(O)cc3)C(=O)[C@@H]12. The maximum Gasteiger partial charge on any atom is 0.234 e. The molecule has 0 aromatic heterocycles. The maximum absolute atomic E-state index is 14.3. The Bertz CT molecular complexity index is 1830. The lowest BCUT2D eigenvalue weighted by Gasteiger charge is -2.44. The third-order valence-corrected chi connectivity index (χ3v) is 10.8. The number of hydrogen-bond donors (Lipinski definition) is 3. The number of phenolic OH excluding ortho intramolecular Hbond substituents is 3. The molecule has 3 aromatic rings. The van der Waals surface area contributed by atoms with E-state index in [1.807, 2.05) is 6.08 Å². The van der Waals surface area contributed by atoms with Crippen molar-refractivity contribution in [2.45, 2.75) is 31.6 Å². The van der Waals surface area contributed by atoms with E-state index in [-0.39, 0.29) is 71.9 Å². The fourth-order valence-corrected chi connectivity index (χ4v) is 8.52. The highest BCUT2D eigenvalue weighted by Gasteiger charge is 2.62. The number of allylic oxidation sites excluding steroid dienone is 2. The average molecular weight is 667 g/mol. The standard InChI is InChI=1S/C38H38N2O9/c1-48-29-17-24(43)18-30(49-2)34(29)32-25-11-12-26-31(37(46)39(35(26)44)15-13-20-3-7-22(41)8-4-20)27(25)19-28-33(32)38(47)40(36(28)45)16-14-21-5-9-23(42)10-6-21/h3-11,17-18,26-28,31-33,41-43H,12-16,19H2,1-2H3/t26-,27+,28+,31-,32-,33+/m0/s1. The van der Waals surface area contributed by atoms with Gasteiger partial charge in [0.1, 0.15) is 28.7 Å². The van der Waals surface area contributed by atoms with Crippen LogP contribution in [0.3, 0.4) is 0 Å². The Balaban J connectivity index is 1.25. The highest BCUT2D eigenvalue weighted by Crippen LogP contribution is 2.60. The number of aromatic hydroxyl groups is 3. The van der Waals surface area contributed by atoms with E-state index < -0.39 is 35.5 Å². The van der Waals surface area contributed by atoms with Crippen molar-refractivity contribution in [2.24, 2.45) is 29.6 Å². The van der Waals surface area contributed by atoms with Gasteiger partial charge in [0.15, 0.2) is 0 Å². The summed E-state index contributed by atoms with van der Waals surface area (Å²) in [5, 5.41) is 29.8. The minimum atomic E-state index is -0.809. The first-order chi connectivity index (χ1) is 23.6. The third kappa shape index (κ3) is 5.47. The first kappa shape index (κ1) is 32.2. The van der Waals surface area contributed by atoms with Crippen LogP contribution in [-0.4, -0.2) is 76.1 Å². The summed E-state index contributed by atoms with van der Waals surface area (Å²) in [4.78, 5) is 59.1. The zero-order valence-electron chi connectivity index (χ0n) is 27.2. The third-order valence-electron chi connectivity index (χ3n) is 10.8. The van der Waals surface area contributed by atoms with Crippen LogP contribution in [0.2, 0.25) is 0 Å². The quantitative estimate of drug-likeness (QED) is 0.228. The lowest BCUT2D eigenvalue weighted by molar-refractivity contribution is -0.142. The number of amides is 4. The molecule has 49 heavy (non-hydrogen) atoms. The molecule has 254 valence electrons. The zero-order valence-corrected chi connectivity index (χ0v) is 27.2. The van der Waals surface area contributed by atoms with Crippen LogP contribution in [0, 0.1) is 29.6 Å². The highest BCUT2D eigenvalue weighted by molar-refractivity contribution is 6.08. The van der Waals surface area contributed by atoms with Crippen LogP contribution in [-0.2, 0) is 32.0 Å². The lowest BCUT2D eigenvalue weighted by Crippen LogP contribution is -2.43. The topological polar surface area (TPSA) is 154 Å². The first-order valence-corrected chi connectivity index (χ1v) is 16.5. The molecule has 0 spiro atoms. The molecule has 0 unspecified atom stereocenters. The summed E-state index contributed by atoms with van der Waals surface area (Å²) >= 11 is 0. The van der Waals surface area contributed by atoms with E-state index in [0.717, 1.165) is 16.7 Å². The van der Waals surface area contributed by atoms with Gasteiger partial charge in [0, 0.05) is 36.7 Å². The lowest BCUT2D eigenvalue weighted by atomic mass is 9.57. The number of methoxy groups -OCH3 is 2. The van der Waals surface area contributed by atoms with Crippen molar-refractivity contribution in [1.29, 1.82) is 0 Å². The van der Waals surface area contributed by atoms with Gasteiger partial charge in [0.05, 0.1) is 37.9 Å². The van der Waals surface area contributed by atoms with Crippen LogP contribution >= 0.6 is 0 Å². The van der Waals surface area contributed by atoms with Crippen molar-refractivity contribution >= 4 is 23.6 Å². The molecule has 0 radical (unpaired) electrons. The van der Waals surface area contributed by atoms with Gasteiger partial charge < -0.3 is 24.8 Å². The molecule has 3 aromatic carbocycles. The van der Waals surface area contributed by atoms with Crippen LogP contribution in [0.5, 0.6) is 28.7 Å². The number of ether oxygens (including phenoxy) is 2. The molecule has 3 N–H and O–H groups in total. The summed E-state index contributed by atoms with van der Waals surface area (Å²) in [7, 11) is 2.91. The number of nitrogens with zero attached hydrogens (tertiary/aromatic N) is 2. The van der Waals surface area contributed by atoms with Crippen LogP contribution in [0.4, 0.5) is 0 Å². The molecule has 11 heteroatoms. The Morgan fingerprint density at radius 2 is 1.12 bits per heavy atom. The van der Waals surface area contributed by atoms with Crippen LogP contribution in [0.15, 0.2) is 72.3 Å². The molecule has 0 bridgehead atoms. The molecule has 6 atom stereocenters. The zero-order chi connectivity index (χ0) is 34.6. The fourth-order valence-electron chi connectivity index (χ4n) is 8.52. The van der Waals surface area contributed by atoms with Crippen molar-refractivity contribution in [3.8, 4) is 28.7 Å². The van der Waals surface area contributed by atoms with Gasteiger partial charge in [-0.3, -0.25) is 29.0 Å². The number of carbonyl (C=O) groups excluding carboxylic acids is 4. The minimum absolute atomic E-state index is 0.0933. The number of rotatable bonds is 9. The molecule has 2 saturated heterocycles. The van der Waals surface area contributed by atoms with Gasteiger partial charge in [-0.1, -0.05) is 35.9 Å². The second-order valence-electron chi connectivity index (χ2n) is 13.3. The van der Waals surface area contributed by atoms with Gasteiger partial charge in [0.2, 0.25) is 23.6 Å². The molecule has 4 amide bonds. The monoisotopic (exact) mass is 666 g/mol. The van der Waals surface area contributed by atoms with E-state index in [4.69, 9.17) is 9.47 Å². The van der Waals surface area contributed by atoms with Gasteiger partial charge >= 0.3 is 0 Å². The van der Waals surface area contributed by atoms with Gasteiger partial charge in [-0.05, 0) is 67.0 Å². The Labute approximate surface area is 283 Å². The molecule has 2 aliphatic carbocycles. The number of phenols is 3. The molecule has 4 aliphatic rings. The van der Waals surface area contributed by atoms with E-state index in [0.29, 0.717) is 24.8 Å². The largest absolute Gasteiger partial charge is 0.508 e. The van der Waals surface area contributed by atoms with Gasteiger partial charge in [0.25, 0.3) is 0 Å². The van der Waals surface area contributed by atoms with Crippen LogP contribution < -0.4 is 9.47 Å². The van der Waals surface area contributed by atoms with Crippen molar-refractivity contribution in [2.75, 3.05) is 27.3 Å². The van der Waals surface area contributed by atoms with Crippen LogP contribution in [0.25, 0.3) is 0 Å². The summed E-state index contributed by atoms with van der Waals surface area (Å²) in [6.45, 7) is 0.333. The molecule has 3 fully saturated rings. The first-order valence-electron chi connectivity index (χ1n) is 16.5. The van der Waals surface area contributed by atoms with E-state index in [1.165, 1.54) is 36.2 Å². The second kappa shape index (κ2) is 12.6. The molecule has 2 heterocycles. The maximum atomic E-state index is 14.3. The average Bonchev–Trinajstić information content (AvgIpc) is 3.49. The molecular weight excluding hydrogens is 628 g/mol. The molecule has 11 nitrogen and oxygen atoms in total. The summed E-state index contributed by atoms with van der Waals surface area (Å²) in [5.41, 5.74) is 3.04.